The number of hydrogen-bond donors (Lipinski definition) is 0. The largest absolute Gasteiger partial charge is 0.379 e. The third kappa shape index (κ3) is 3.28. The van der Waals surface area contributed by atoms with Gasteiger partial charge in [-0.2, -0.15) is 8.42 Å². The lowest BCUT2D eigenvalue weighted by molar-refractivity contribution is 0.484. The molecule has 19 heavy (non-hydrogen) atoms. The van der Waals surface area contributed by atoms with E-state index in [0.717, 1.165) is 11.1 Å². The SMILES string of the molecule is Cc1ccc(C)c(OS(=O)(=O)c2cccc(Cl)c2)c1. The molecule has 3 nitrogen and oxygen atoms in total. The summed E-state index contributed by atoms with van der Waals surface area (Å²) in [6, 6.07) is 11.4. The van der Waals surface area contributed by atoms with Gasteiger partial charge in [0, 0.05) is 5.02 Å². The zero-order valence-electron chi connectivity index (χ0n) is 10.6. The van der Waals surface area contributed by atoms with Gasteiger partial charge in [0.05, 0.1) is 0 Å². The molecule has 0 bridgehead atoms. The van der Waals surface area contributed by atoms with Gasteiger partial charge in [-0.15, -0.1) is 0 Å². The number of rotatable bonds is 3. The normalized spacial score (nSPS) is 11.3. The van der Waals surface area contributed by atoms with Gasteiger partial charge in [-0.05, 0) is 49.2 Å². The van der Waals surface area contributed by atoms with Crippen molar-refractivity contribution in [3.05, 3.63) is 58.6 Å². The minimum atomic E-state index is -3.86. The van der Waals surface area contributed by atoms with Gasteiger partial charge in [0.1, 0.15) is 10.6 Å². The lowest BCUT2D eigenvalue weighted by Gasteiger charge is -2.10. The van der Waals surface area contributed by atoms with E-state index in [1.807, 2.05) is 19.1 Å². The van der Waals surface area contributed by atoms with Crippen LogP contribution in [0.25, 0.3) is 0 Å². The van der Waals surface area contributed by atoms with Gasteiger partial charge >= 0.3 is 10.1 Å². The molecule has 100 valence electrons. The van der Waals surface area contributed by atoms with Crippen molar-refractivity contribution in [2.24, 2.45) is 0 Å². The van der Waals surface area contributed by atoms with Crippen LogP contribution in [0.4, 0.5) is 0 Å². The summed E-state index contributed by atoms with van der Waals surface area (Å²) in [6.07, 6.45) is 0. The molecule has 0 aliphatic carbocycles. The molecule has 0 heterocycles. The summed E-state index contributed by atoms with van der Waals surface area (Å²) in [6.45, 7) is 3.67. The lowest BCUT2D eigenvalue weighted by atomic mass is 10.1. The maximum atomic E-state index is 12.1. The van der Waals surface area contributed by atoms with Crippen molar-refractivity contribution < 1.29 is 12.6 Å². The Morgan fingerprint density at radius 1 is 1.05 bits per heavy atom. The molecular formula is C14H13ClO3S. The second-order valence-electron chi connectivity index (χ2n) is 4.26. The molecule has 2 rings (SSSR count). The first-order valence-corrected chi connectivity index (χ1v) is 7.44. The highest BCUT2D eigenvalue weighted by Crippen LogP contribution is 2.24. The number of aryl methyl sites for hydroxylation is 2. The van der Waals surface area contributed by atoms with Crippen molar-refractivity contribution in [2.75, 3.05) is 0 Å². The molecule has 0 atom stereocenters. The van der Waals surface area contributed by atoms with Crippen LogP contribution < -0.4 is 4.18 Å². The van der Waals surface area contributed by atoms with E-state index >= 15 is 0 Å². The van der Waals surface area contributed by atoms with Crippen LogP contribution in [0, 0.1) is 13.8 Å². The quantitative estimate of drug-likeness (QED) is 0.811. The van der Waals surface area contributed by atoms with Crippen molar-refractivity contribution >= 4 is 21.7 Å². The van der Waals surface area contributed by atoms with Crippen molar-refractivity contribution in [2.45, 2.75) is 18.7 Å². The first-order chi connectivity index (χ1) is 8.88. The van der Waals surface area contributed by atoms with Gasteiger partial charge < -0.3 is 4.18 Å². The summed E-state index contributed by atoms with van der Waals surface area (Å²) in [5.41, 5.74) is 1.69. The van der Waals surface area contributed by atoms with Crippen LogP contribution >= 0.6 is 11.6 Å². The fourth-order valence-corrected chi connectivity index (χ4v) is 2.87. The van der Waals surface area contributed by atoms with Crippen LogP contribution in [-0.4, -0.2) is 8.42 Å². The topological polar surface area (TPSA) is 43.4 Å². The Labute approximate surface area is 117 Å². The van der Waals surface area contributed by atoms with Gasteiger partial charge in [-0.3, -0.25) is 0 Å². The second kappa shape index (κ2) is 5.23. The first kappa shape index (κ1) is 13.9. The third-order valence-corrected chi connectivity index (χ3v) is 4.09. The average molecular weight is 297 g/mol. The molecule has 2 aromatic rings. The highest BCUT2D eigenvalue weighted by Gasteiger charge is 2.18. The summed E-state index contributed by atoms with van der Waals surface area (Å²) >= 11 is 5.79. The molecule has 0 aliphatic heterocycles. The Bertz CT molecular complexity index is 708. The van der Waals surface area contributed by atoms with Crippen molar-refractivity contribution in [3.8, 4) is 5.75 Å². The molecule has 0 saturated carbocycles. The van der Waals surface area contributed by atoms with Crippen molar-refractivity contribution in [1.82, 2.24) is 0 Å². The van der Waals surface area contributed by atoms with Crippen LogP contribution in [0.15, 0.2) is 47.4 Å². The molecule has 0 N–H and O–H groups in total. The van der Waals surface area contributed by atoms with Crippen LogP contribution in [0.3, 0.4) is 0 Å². The predicted molar refractivity (Wildman–Crippen MR) is 75.2 cm³/mol. The fourth-order valence-electron chi connectivity index (χ4n) is 1.59. The van der Waals surface area contributed by atoms with E-state index in [9.17, 15) is 8.42 Å². The number of hydrogen-bond acceptors (Lipinski definition) is 3. The van der Waals surface area contributed by atoms with Crippen LogP contribution in [0.2, 0.25) is 5.02 Å². The van der Waals surface area contributed by atoms with Gasteiger partial charge in [0.15, 0.2) is 0 Å². The van der Waals surface area contributed by atoms with E-state index in [1.165, 1.54) is 12.1 Å². The van der Waals surface area contributed by atoms with Gasteiger partial charge in [-0.1, -0.05) is 29.8 Å². The number of halogens is 1. The second-order valence-corrected chi connectivity index (χ2v) is 6.25. The van der Waals surface area contributed by atoms with E-state index in [2.05, 4.69) is 0 Å². The van der Waals surface area contributed by atoms with Crippen LogP contribution in [0.1, 0.15) is 11.1 Å². The van der Waals surface area contributed by atoms with Gasteiger partial charge in [0.25, 0.3) is 0 Å². The summed E-state index contributed by atoms with van der Waals surface area (Å²) in [7, 11) is -3.86. The molecule has 0 radical (unpaired) electrons. The van der Waals surface area contributed by atoms with Gasteiger partial charge in [0.2, 0.25) is 0 Å². The third-order valence-electron chi connectivity index (χ3n) is 2.63. The van der Waals surface area contributed by atoms with Gasteiger partial charge in [-0.25, -0.2) is 0 Å². The zero-order chi connectivity index (χ0) is 14.0. The molecule has 0 amide bonds. The zero-order valence-corrected chi connectivity index (χ0v) is 12.1. The minimum absolute atomic E-state index is 0.0425. The van der Waals surface area contributed by atoms with E-state index < -0.39 is 10.1 Å². The first-order valence-electron chi connectivity index (χ1n) is 5.66. The monoisotopic (exact) mass is 296 g/mol. The standard InChI is InChI=1S/C14H13ClO3S/c1-10-6-7-11(2)14(8-10)18-19(16,17)13-5-3-4-12(15)9-13/h3-9H,1-2H3. The fraction of sp³-hybridized carbons (Fsp3) is 0.143. The lowest BCUT2D eigenvalue weighted by Crippen LogP contribution is -2.10. The minimum Gasteiger partial charge on any atom is -0.379 e. The summed E-state index contributed by atoms with van der Waals surface area (Å²) < 4.78 is 29.4. The predicted octanol–water partition coefficient (Wildman–Crippen LogP) is 3.72. The average Bonchev–Trinajstić information content (AvgIpc) is 2.33. The van der Waals surface area contributed by atoms with Crippen LogP contribution in [0.5, 0.6) is 5.75 Å². The maximum absolute atomic E-state index is 12.1. The Morgan fingerprint density at radius 2 is 1.79 bits per heavy atom. The maximum Gasteiger partial charge on any atom is 0.339 e. The summed E-state index contributed by atoms with van der Waals surface area (Å²) in [5.74, 6) is 0.333. The highest BCUT2D eigenvalue weighted by molar-refractivity contribution is 7.87. The van der Waals surface area contributed by atoms with E-state index in [0.29, 0.717) is 10.8 Å². The molecule has 2 aromatic carbocycles. The van der Waals surface area contributed by atoms with Crippen molar-refractivity contribution in [1.29, 1.82) is 0 Å². The summed E-state index contributed by atoms with van der Waals surface area (Å²) in [5, 5.41) is 0.352. The molecule has 0 aromatic heterocycles. The van der Waals surface area contributed by atoms with Crippen molar-refractivity contribution in [3.63, 3.8) is 0 Å². The molecule has 0 aliphatic rings. The van der Waals surface area contributed by atoms with E-state index in [4.69, 9.17) is 15.8 Å². The molecule has 0 fully saturated rings. The molecule has 0 saturated heterocycles. The Hall–Kier alpha value is -1.52. The Kier molecular flexibility index (Phi) is 3.83. The smallest absolute Gasteiger partial charge is 0.339 e. The van der Waals surface area contributed by atoms with E-state index in [1.54, 1.807) is 25.1 Å². The molecule has 0 spiro atoms. The van der Waals surface area contributed by atoms with Crippen LogP contribution in [-0.2, 0) is 10.1 Å². The molecule has 5 heteroatoms. The highest BCUT2D eigenvalue weighted by atomic mass is 35.5. The Morgan fingerprint density at radius 3 is 2.47 bits per heavy atom. The molecular weight excluding hydrogens is 284 g/mol. The Balaban J connectivity index is 2.39. The summed E-state index contributed by atoms with van der Waals surface area (Å²) in [4.78, 5) is 0.0425. The molecule has 0 unspecified atom stereocenters. The number of benzene rings is 2. The van der Waals surface area contributed by atoms with E-state index in [-0.39, 0.29) is 4.90 Å².